The van der Waals surface area contributed by atoms with Crippen LogP contribution < -0.4 is 5.32 Å². The topological polar surface area (TPSA) is 155 Å². The highest BCUT2D eigenvalue weighted by molar-refractivity contribution is 5.77. The zero-order valence-electron chi connectivity index (χ0n) is 10.8. The van der Waals surface area contributed by atoms with Crippen LogP contribution in [0.2, 0.25) is 0 Å². The molecule has 114 valence electrons. The fraction of sp³-hybridized carbons (Fsp3) is 0.0909. The van der Waals surface area contributed by atoms with Gasteiger partial charge in [0.25, 0.3) is 5.69 Å². The molecule has 0 spiro atoms. The molecule has 11 heteroatoms. The highest BCUT2D eigenvalue weighted by Gasteiger charge is 2.30. The summed E-state index contributed by atoms with van der Waals surface area (Å²) >= 11 is 0. The molecule has 0 fully saturated rings. The summed E-state index contributed by atoms with van der Waals surface area (Å²) in [6.45, 7) is -0.0491. The number of nitro benzene ring substituents is 3. The van der Waals surface area contributed by atoms with Crippen molar-refractivity contribution >= 4 is 22.7 Å². The molecule has 1 N–H and O–H groups in total. The van der Waals surface area contributed by atoms with Crippen LogP contribution in [0.1, 0.15) is 5.76 Å². The molecular formula is C11H8N4O7. The summed E-state index contributed by atoms with van der Waals surface area (Å²) in [7, 11) is 0. The lowest BCUT2D eigenvalue weighted by Gasteiger charge is -2.06. The van der Waals surface area contributed by atoms with E-state index in [9.17, 15) is 30.3 Å². The van der Waals surface area contributed by atoms with Crippen LogP contribution in [0.4, 0.5) is 22.7 Å². The lowest BCUT2D eigenvalue weighted by Crippen LogP contribution is -2.06. The van der Waals surface area contributed by atoms with Crippen LogP contribution in [0.5, 0.6) is 0 Å². The van der Waals surface area contributed by atoms with Crippen molar-refractivity contribution in [3.05, 3.63) is 66.6 Å². The van der Waals surface area contributed by atoms with Gasteiger partial charge < -0.3 is 9.73 Å². The predicted molar refractivity (Wildman–Crippen MR) is 72.4 cm³/mol. The molecule has 1 aromatic heterocycles. The van der Waals surface area contributed by atoms with Gasteiger partial charge in [0.1, 0.15) is 5.76 Å². The van der Waals surface area contributed by atoms with E-state index in [1.807, 2.05) is 0 Å². The Morgan fingerprint density at radius 3 is 2.00 bits per heavy atom. The standard InChI is InChI=1S/C11H8N4O7/c16-13(17)7-4-9(14(18)19)11(10(5-7)15(20)21)12-6-8-2-1-3-22-8/h1-5,12H,6H2. The summed E-state index contributed by atoms with van der Waals surface area (Å²) in [5.41, 5.74) is -2.67. The Kier molecular flexibility index (Phi) is 3.97. The maximum atomic E-state index is 11.0. The van der Waals surface area contributed by atoms with E-state index in [1.165, 1.54) is 6.26 Å². The average Bonchev–Trinajstić information content (AvgIpc) is 2.96. The first-order valence-corrected chi connectivity index (χ1v) is 5.77. The van der Waals surface area contributed by atoms with Crippen LogP contribution in [0.3, 0.4) is 0 Å². The van der Waals surface area contributed by atoms with E-state index >= 15 is 0 Å². The van der Waals surface area contributed by atoms with Crippen molar-refractivity contribution < 1.29 is 19.2 Å². The van der Waals surface area contributed by atoms with Crippen molar-refractivity contribution in [3.63, 3.8) is 0 Å². The first kappa shape index (κ1) is 14.9. The van der Waals surface area contributed by atoms with Gasteiger partial charge in [0.2, 0.25) is 0 Å². The molecule has 1 aromatic carbocycles. The third kappa shape index (κ3) is 2.98. The second kappa shape index (κ2) is 5.87. The molecule has 0 aliphatic carbocycles. The van der Waals surface area contributed by atoms with E-state index in [-0.39, 0.29) is 6.54 Å². The Labute approximate surface area is 121 Å². The number of anilines is 1. The van der Waals surface area contributed by atoms with E-state index in [4.69, 9.17) is 4.42 Å². The number of benzene rings is 1. The number of nitrogens with one attached hydrogen (secondary N) is 1. The Bertz CT molecular complexity index is 706. The fourth-order valence-corrected chi connectivity index (χ4v) is 1.76. The minimum absolute atomic E-state index is 0.0491. The van der Waals surface area contributed by atoms with Gasteiger partial charge in [-0.05, 0) is 12.1 Å². The molecule has 0 aliphatic heterocycles. The Morgan fingerprint density at radius 2 is 1.59 bits per heavy atom. The van der Waals surface area contributed by atoms with Crippen LogP contribution in [-0.2, 0) is 6.54 Å². The molecular weight excluding hydrogens is 300 g/mol. The largest absolute Gasteiger partial charge is 0.467 e. The van der Waals surface area contributed by atoms with Crippen molar-refractivity contribution in [2.45, 2.75) is 6.54 Å². The van der Waals surface area contributed by atoms with E-state index in [2.05, 4.69) is 5.32 Å². The van der Waals surface area contributed by atoms with Crippen LogP contribution in [0.15, 0.2) is 34.9 Å². The summed E-state index contributed by atoms with van der Waals surface area (Å²) < 4.78 is 5.01. The van der Waals surface area contributed by atoms with Gasteiger partial charge in [-0.25, -0.2) is 0 Å². The third-order valence-electron chi connectivity index (χ3n) is 2.71. The summed E-state index contributed by atoms with van der Waals surface area (Å²) in [5, 5.41) is 35.3. The summed E-state index contributed by atoms with van der Waals surface area (Å²) in [6, 6.07) is 4.47. The molecule has 0 unspecified atom stereocenters. The van der Waals surface area contributed by atoms with Gasteiger partial charge >= 0.3 is 11.4 Å². The molecule has 2 rings (SSSR count). The van der Waals surface area contributed by atoms with Gasteiger partial charge in [0.05, 0.1) is 39.7 Å². The molecule has 22 heavy (non-hydrogen) atoms. The van der Waals surface area contributed by atoms with Crippen molar-refractivity contribution in [1.29, 1.82) is 0 Å². The number of furan rings is 1. The SMILES string of the molecule is O=[N+]([O-])c1cc([N+](=O)[O-])c(NCc2ccco2)c([N+](=O)[O-])c1. The minimum Gasteiger partial charge on any atom is -0.467 e. The number of nitrogens with zero attached hydrogens (tertiary/aromatic N) is 3. The highest BCUT2D eigenvalue weighted by Crippen LogP contribution is 2.38. The molecule has 2 aromatic rings. The fourth-order valence-electron chi connectivity index (χ4n) is 1.76. The summed E-state index contributed by atoms with van der Waals surface area (Å²) in [5.74, 6) is 0.391. The summed E-state index contributed by atoms with van der Waals surface area (Å²) in [4.78, 5) is 30.0. The number of rotatable bonds is 6. The molecule has 0 atom stereocenters. The van der Waals surface area contributed by atoms with Crippen molar-refractivity contribution in [2.24, 2.45) is 0 Å². The maximum Gasteiger partial charge on any atom is 0.306 e. The Morgan fingerprint density at radius 1 is 1.00 bits per heavy atom. The zero-order valence-corrected chi connectivity index (χ0v) is 10.8. The molecule has 11 nitrogen and oxygen atoms in total. The molecule has 1 heterocycles. The van der Waals surface area contributed by atoms with Crippen molar-refractivity contribution in [3.8, 4) is 0 Å². The monoisotopic (exact) mass is 308 g/mol. The first-order chi connectivity index (χ1) is 10.4. The number of non-ortho nitro benzene ring substituents is 1. The second-order valence-corrected chi connectivity index (χ2v) is 4.06. The lowest BCUT2D eigenvalue weighted by atomic mass is 10.2. The van der Waals surface area contributed by atoms with Crippen molar-refractivity contribution in [2.75, 3.05) is 5.32 Å². The van der Waals surface area contributed by atoms with E-state index < -0.39 is 37.5 Å². The van der Waals surface area contributed by atoms with E-state index in [0.717, 1.165) is 0 Å². The summed E-state index contributed by atoms with van der Waals surface area (Å²) in [6.07, 6.45) is 1.37. The lowest BCUT2D eigenvalue weighted by molar-refractivity contribution is -0.401. The van der Waals surface area contributed by atoms with Gasteiger partial charge in [0, 0.05) is 0 Å². The van der Waals surface area contributed by atoms with Crippen LogP contribution in [-0.4, -0.2) is 14.8 Å². The van der Waals surface area contributed by atoms with Crippen LogP contribution in [0.25, 0.3) is 0 Å². The zero-order chi connectivity index (χ0) is 16.3. The Hall–Kier alpha value is -3.50. The second-order valence-electron chi connectivity index (χ2n) is 4.06. The number of hydrogen-bond acceptors (Lipinski definition) is 8. The average molecular weight is 308 g/mol. The molecule has 0 saturated heterocycles. The highest BCUT2D eigenvalue weighted by atomic mass is 16.6. The smallest absolute Gasteiger partial charge is 0.306 e. The molecule has 0 radical (unpaired) electrons. The quantitative estimate of drug-likeness (QED) is 0.630. The molecule has 0 amide bonds. The van der Waals surface area contributed by atoms with E-state index in [1.54, 1.807) is 12.1 Å². The number of nitro groups is 3. The van der Waals surface area contributed by atoms with Crippen LogP contribution >= 0.6 is 0 Å². The first-order valence-electron chi connectivity index (χ1n) is 5.77. The minimum atomic E-state index is -0.934. The third-order valence-corrected chi connectivity index (χ3v) is 2.71. The molecule has 0 saturated carbocycles. The van der Waals surface area contributed by atoms with Gasteiger partial charge in [-0.3, -0.25) is 30.3 Å². The normalized spacial score (nSPS) is 10.2. The van der Waals surface area contributed by atoms with Crippen LogP contribution in [0, 0.1) is 30.3 Å². The van der Waals surface area contributed by atoms with E-state index in [0.29, 0.717) is 17.9 Å². The van der Waals surface area contributed by atoms with Gasteiger partial charge in [-0.1, -0.05) is 0 Å². The predicted octanol–water partition coefficient (Wildman–Crippen LogP) is 2.62. The molecule has 0 aliphatic rings. The van der Waals surface area contributed by atoms with Gasteiger partial charge in [-0.2, -0.15) is 0 Å². The number of hydrogen-bond donors (Lipinski definition) is 1. The maximum absolute atomic E-state index is 11.0. The van der Waals surface area contributed by atoms with Gasteiger partial charge in [0.15, 0.2) is 5.69 Å². The van der Waals surface area contributed by atoms with Crippen molar-refractivity contribution in [1.82, 2.24) is 0 Å². The molecule has 0 bridgehead atoms. The Balaban J connectivity index is 2.50. The van der Waals surface area contributed by atoms with Gasteiger partial charge in [-0.15, -0.1) is 0 Å².